The van der Waals surface area contributed by atoms with E-state index in [9.17, 15) is 14.4 Å². The molecule has 0 radical (unpaired) electrons. The van der Waals surface area contributed by atoms with Crippen LogP contribution in [0.4, 0.5) is 5.69 Å². The van der Waals surface area contributed by atoms with Crippen molar-refractivity contribution in [3.63, 3.8) is 0 Å². The number of hydrogen-bond acceptors (Lipinski definition) is 6. The van der Waals surface area contributed by atoms with Gasteiger partial charge in [0.25, 0.3) is 5.56 Å². The molecular weight excluding hydrogens is 354 g/mol. The molecule has 0 saturated carbocycles. The largest absolute Gasteiger partial charge is 0.462 e. The van der Waals surface area contributed by atoms with Crippen molar-refractivity contribution < 1.29 is 14.3 Å². The zero-order valence-electron chi connectivity index (χ0n) is 14.7. The van der Waals surface area contributed by atoms with Gasteiger partial charge >= 0.3 is 5.97 Å². The molecule has 0 bridgehead atoms. The summed E-state index contributed by atoms with van der Waals surface area (Å²) < 4.78 is 5.12. The predicted molar refractivity (Wildman–Crippen MR) is 101 cm³/mol. The van der Waals surface area contributed by atoms with Gasteiger partial charge in [-0.15, -0.1) is 0 Å². The number of esters is 1. The monoisotopic (exact) mass is 375 g/mol. The molecule has 0 saturated heterocycles. The molecule has 0 aliphatic carbocycles. The number of para-hydroxylation sites is 1. The number of ether oxygens (including phenoxy) is 1. The lowest BCUT2D eigenvalue weighted by atomic mass is 10.2. The van der Waals surface area contributed by atoms with Crippen LogP contribution in [0.5, 0.6) is 0 Å². The van der Waals surface area contributed by atoms with Crippen molar-refractivity contribution in [2.75, 3.05) is 17.7 Å². The third-order valence-corrected chi connectivity index (χ3v) is 4.21. The molecule has 0 aliphatic heterocycles. The minimum absolute atomic E-state index is 0.0500. The van der Waals surface area contributed by atoms with E-state index in [1.807, 2.05) is 13.8 Å². The van der Waals surface area contributed by atoms with E-state index in [-0.39, 0.29) is 17.2 Å². The summed E-state index contributed by atoms with van der Waals surface area (Å²) in [7, 11) is 0. The minimum atomic E-state index is -0.475. The van der Waals surface area contributed by atoms with Gasteiger partial charge in [-0.25, -0.2) is 9.78 Å². The number of thioether (sulfide) groups is 1. The van der Waals surface area contributed by atoms with E-state index >= 15 is 0 Å². The van der Waals surface area contributed by atoms with E-state index in [0.29, 0.717) is 35.1 Å². The van der Waals surface area contributed by atoms with Gasteiger partial charge in [0, 0.05) is 11.8 Å². The Labute approximate surface area is 155 Å². The molecule has 1 amide bonds. The number of amides is 1. The number of benzene rings is 1. The maximum absolute atomic E-state index is 12.2. The molecule has 0 unspecified atom stereocenters. The summed E-state index contributed by atoms with van der Waals surface area (Å²) in [5.74, 6) is -0.735. The van der Waals surface area contributed by atoms with Gasteiger partial charge in [0.15, 0.2) is 5.16 Å². The zero-order valence-corrected chi connectivity index (χ0v) is 15.5. The van der Waals surface area contributed by atoms with E-state index < -0.39 is 5.97 Å². The number of rotatable bonds is 8. The number of anilines is 1. The summed E-state index contributed by atoms with van der Waals surface area (Å²) >= 11 is 1.12. The maximum Gasteiger partial charge on any atom is 0.340 e. The van der Waals surface area contributed by atoms with Crippen LogP contribution in [0.1, 0.15) is 36.3 Å². The number of aromatic amines is 1. The summed E-state index contributed by atoms with van der Waals surface area (Å²) in [5.41, 5.74) is 1.12. The molecule has 8 heteroatoms. The molecule has 0 spiro atoms. The first-order valence-corrected chi connectivity index (χ1v) is 9.31. The number of nitrogens with zero attached hydrogens (tertiary/aromatic N) is 1. The number of aromatic nitrogens is 2. The summed E-state index contributed by atoms with van der Waals surface area (Å²) in [6, 6.07) is 8.11. The first kappa shape index (κ1) is 19.7. The normalized spacial score (nSPS) is 10.4. The second kappa shape index (κ2) is 9.76. The molecule has 1 aromatic heterocycles. The highest BCUT2D eigenvalue weighted by Crippen LogP contribution is 2.18. The predicted octanol–water partition coefficient (Wildman–Crippen LogP) is 2.63. The first-order valence-electron chi connectivity index (χ1n) is 8.32. The maximum atomic E-state index is 12.2. The van der Waals surface area contributed by atoms with Crippen LogP contribution in [0.25, 0.3) is 0 Å². The van der Waals surface area contributed by atoms with Crippen LogP contribution in [0.2, 0.25) is 0 Å². The molecule has 26 heavy (non-hydrogen) atoms. The highest BCUT2D eigenvalue weighted by atomic mass is 32.2. The average molecular weight is 375 g/mol. The Morgan fingerprint density at radius 2 is 2.04 bits per heavy atom. The van der Waals surface area contributed by atoms with Crippen molar-refractivity contribution >= 4 is 29.3 Å². The second-order valence-corrected chi connectivity index (χ2v) is 6.38. The summed E-state index contributed by atoms with van der Waals surface area (Å²) in [6.07, 6.45) is 1.36. The number of aryl methyl sites for hydroxylation is 1. The highest BCUT2D eigenvalue weighted by molar-refractivity contribution is 7.99. The van der Waals surface area contributed by atoms with E-state index in [2.05, 4.69) is 15.3 Å². The van der Waals surface area contributed by atoms with Crippen LogP contribution in [0.3, 0.4) is 0 Å². The lowest BCUT2D eigenvalue weighted by Gasteiger charge is -2.10. The fraction of sp³-hybridized carbons (Fsp3) is 0.333. The zero-order chi connectivity index (χ0) is 18.9. The smallest absolute Gasteiger partial charge is 0.340 e. The minimum Gasteiger partial charge on any atom is -0.462 e. The highest BCUT2D eigenvalue weighted by Gasteiger charge is 2.14. The summed E-state index contributed by atoms with van der Waals surface area (Å²) in [5, 5.41) is 3.09. The van der Waals surface area contributed by atoms with E-state index in [1.165, 1.54) is 6.07 Å². The Kier molecular flexibility index (Phi) is 7.40. The molecule has 0 aliphatic rings. The Morgan fingerprint density at radius 3 is 2.77 bits per heavy atom. The molecule has 2 N–H and O–H groups in total. The SMILES string of the molecule is CCCOC(=O)c1ccccc1NC(=O)CSc1nc(CC)cc(=O)[nH]1. The molecule has 2 rings (SSSR count). The molecule has 1 aromatic carbocycles. The number of carbonyl (C=O) groups is 2. The Hall–Kier alpha value is -2.61. The number of nitrogens with one attached hydrogen (secondary N) is 2. The van der Waals surface area contributed by atoms with Crippen LogP contribution in [0, 0.1) is 0 Å². The molecule has 0 atom stereocenters. The van der Waals surface area contributed by atoms with Gasteiger partial charge in [0.1, 0.15) is 0 Å². The number of H-pyrrole nitrogens is 1. The topological polar surface area (TPSA) is 101 Å². The molecule has 7 nitrogen and oxygen atoms in total. The van der Waals surface area contributed by atoms with Gasteiger partial charge in [-0.3, -0.25) is 9.59 Å². The van der Waals surface area contributed by atoms with Crippen LogP contribution in [-0.4, -0.2) is 34.2 Å². The quantitative estimate of drug-likeness (QED) is 0.418. The van der Waals surface area contributed by atoms with Crippen molar-refractivity contribution in [2.45, 2.75) is 31.8 Å². The second-order valence-electron chi connectivity index (χ2n) is 5.41. The Bertz CT molecular complexity index is 835. The van der Waals surface area contributed by atoms with Crippen LogP contribution < -0.4 is 10.9 Å². The molecule has 0 fully saturated rings. The van der Waals surface area contributed by atoms with Gasteiger partial charge in [-0.1, -0.05) is 37.7 Å². The van der Waals surface area contributed by atoms with Crippen molar-refractivity contribution in [2.24, 2.45) is 0 Å². The third kappa shape index (κ3) is 5.73. The fourth-order valence-corrected chi connectivity index (χ4v) is 2.79. The molecule has 138 valence electrons. The van der Waals surface area contributed by atoms with Crippen LogP contribution in [0.15, 0.2) is 40.3 Å². The Morgan fingerprint density at radius 1 is 1.27 bits per heavy atom. The lowest BCUT2D eigenvalue weighted by Crippen LogP contribution is -2.18. The molecule has 1 heterocycles. The van der Waals surface area contributed by atoms with Crippen molar-refractivity contribution in [1.29, 1.82) is 0 Å². The fourth-order valence-electron chi connectivity index (χ4n) is 2.10. The average Bonchev–Trinajstić information content (AvgIpc) is 2.64. The number of hydrogen-bond donors (Lipinski definition) is 2. The van der Waals surface area contributed by atoms with Crippen LogP contribution in [-0.2, 0) is 16.0 Å². The van der Waals surface area contributed by atoms with Gasteiger partial charge < -0.3 is 15.0 Å². The van der Waals surface area contributed by atoms with Gasteiger partial charge in [0.2, 0.25) is 5.91 Å². The van der Waals surface area contributed by atoms with E-state index in [0.717, 1.165) is 18.2 Å². The van der Waals surface area contributed by atoms with Gasteiger partial charge in [-0.2, -0.15) is 0 Å². The van der Waals surface area contributed by atoms with Gasteiger partial charge in [0.05, 0.1) is 23.6 Å². The van der Waals surface area contributed by atoms with E-state index in [1.54, 1.807) is 24.3 Å². The van der Waals surface area contributed by atoms with Gasteiger partial charge in [-0.05, 0) is 25.0 Å². The van der Waals surface area contributed by atoms with Crippen molar-refractivity contribution in [1.82, 2.24) is 9.97 Å². The molecule has 2 aromatic rings. The Balaban J connectivity index is 2.01. The number of carbonyl (C=O) groups excluding carboxylic acids is 2. The first-order chi connectivity index (χ1) is 12.5. The third-order valence-electron chi connectivity index (χ3n) is 3.33. The summed E-state index contributed by atoms with van der Waals surface area (Å²) in [4.78, 5) is 42.7. The standard InChI is InChI=1S/C18H21N3O4S/c1-3-9-25-17(24)13-7-5-6-8-14(13)20-16(23)11-26-18-19-12(4-2)10-15(22)21-18/h5-8,10H,3-4,9,11H2,1-2H3,(H,20,23)(H,19,21,22). The molecular formula is C18H21N3O4S. The lowest BCUT2D eigenvalue weighted by molar-refractivity contribution is -0.113. The van der Waals surface area contributed by atoms with Crippen LogP contribution >= 0.6 is 11.8 Å². The van der Waals surface area contributed by atoms with Crippen molar-refractivity contribution in [3.05, 3.63) is 51.9 Å². The van der Waals surface area contributed by atoms with Crippen molar-refractivity contribution in [3.8, 4) is 0 Å². The van der Waals surface area contributed by atoms with E-state index in [4.69, 9.17) is 4.74 Å². The summed E-state index contributed by atoms with van der Waals surface area (Å²) in [6.45, 7) is 4.13.